The molecule has 1 atom stereocenters. The smallest absolute Gasteiger partial charge is 0.321 e. The Morgan fingerprint density at radius 3 is 2.50 bits per heavy atom. The Bertz CT molecular complexity index is 797. The second-order valence-electron chi connectivity index (χ2n) is 7.95. The zero-order chi connectivity index (χ0) is 21.2. The lowest BCUT2D eigenvalue weighted by Gasteiger charge is -2.32. The molecule has 6 nitrogen and oxygen atoms in total. The van der Waals surface area contributed by atoms with E-state index in [0.29, 0.717) is 19.6 Å². The van der Waals surface area contributed by atoms with E-state index in [1.165, 1.54) is 5.56 Å². The number of benzene rings is 2. The van der Waals surface area contributed by atoms with Crippen LogP contribution < -0.4 is 10.6 Å². The van der Waals surface area contributed by atoms with Crippen molar-refractivity contribution in [2.45, 2.75) is 25.8 Å². The molecule has 1 heterocycles. The van der Waals surface area contributed by atoms with Crippen LogP contribution in [0.4, 0.5) is 10.5 Å². The molecule has 0 bridgehead atoms. The van der Waals surface area contributed by atoms with E-state index in [1.807, 2.05) is 36.4 Å². The summed E-state index contributed by atoms with van der Waals surface area (Å²) in [7, 11) is 2.10. The molecule has 30 heavy (non-hydrogen) atoms. The van der Waals surface area contributed by atoms with E-state index in [0.717, 1.165) is 38.0 Å². The molecule has 2 N–H and O–H groups in total. The predicted octanol–water partition coefficient (Wildman–Crippen LogP) is 3.57. The van der Waals surface area contributed by atoms with Gasteiger partial charge in [0.05, 0.1) is 5.92 Å². The predicted molar refractivity (Wildman–Crippen MR) is 120 cm³/mol. The summed E-state index contributed by atoms with van der Waals surface area (Å²) < 4.78 is 0. The minimum Gasteiger partial charge on any atom is -0.356 e. The highest BCUT2D eigenvalue weighted by Gasteiger charge is 2.28. The third-order valence-corrected chi connectivity index (χ3v) is 5.42. The van der Waals surface area contributed by atoms with Gasteiger partial charge in [-0.25, -0.2) is 4.79 Å². The molecule has 0 spiro atoms. The van der Waals surface area contributed by atoms with Crippen LogP contribution in [0.5, 0.6) is 0 Å². The van der Waals surface area contributed by atoms with Gasteiger partial charge in [0.1, 0.15) is 0 Å². The van der Waals surface area contributed by atoms with Gasteiger partial charge in [-0.05, 0) is 50.6 Å². The Morgan fingerprint density at radius 2 is 1.77 bits per heavy atom. The van der Waals surface area contributed by atoms with Gasteiger partial charge in [-0.1, -0.05) is 48.5 Å². The summed E-state index contributed by atoms with van der Waals surface area (Å²) in [5.74, 6) is -0.0831. The Kier molecular flexibility index (Phi) is 8.27. The van der Waals surface area contributed by atoms with Crippen LogP contribution in [0, 0.1) is 5.92 Å². The number of urea groups is 1. The number of hydrogen-bond acceptors (Lipinski definition) is 3. The van der Waals surface area contributed by atoms with Crippen LogP contribution in [0.3, 0.4) is 0 Å². The minimum absolute atomic E-state index is 0.0536. The van der Waals surface area contributed by atoms with Crippen LogP contribution in [0.15, 0.2) is 60.7 Å². The van der Waals surface area contributed by atoms with Crippen molar-refractivity contribution in [2.24, 2.45) is 5.92 Å². The van der Waals surface area contributed by atoms with Gasteiger partial charge in [-0.2, -0.15) is 0 Å². The van der Waals surface area contributed by atoms with Gasteiger partial charge in [-0.3, -0.25) is 4.79 Å². The summed E-state index contributed by atoms with van der Waals surface area (Å²) in [5.41, 5.74) is 2.06. The van der Waals surface area contributed by atoms with Crippen LogP contribution in [0.2, 0.25) is 0 Å². The number of carbonyl (C=O) groups is 2. The number of para-hydroxylation sites is 1. The average molecular weight is 409 g/mol. The molecule has 1 unspecified atom stereocenters. The number of rotatable bonds is 8. The van der Waals surface area contributed by atoms with E-state index < -0.39 is 0 Å². The summed E-state index contributed by atoms with van der Waals surface area (Å²) in [6.45, 7) is 3.64. The van der Waals surface area contributed by atoms with Crippen molar-refractivity contribution in [2.75, 3.05) is 38.5 Å². The van der Waals surface area contributed by atoms with Crippen molar-refractivity contribution in [1.29, 1.82) is 0 Å². The molecule has 160 valence electrons. The van der Waals surface area contributed by atoms with Gasteiger partial charge in [0.15, 0.2) is 0 Å². The van der Waals surface area contributed by atoms with Crippen LogP contribution in [-0.2, 0) is 11.3 Å². The molecule has 2 aromatic carbocycles. The minimum atomic E-state index is -0.138. The van der Waals surface area contributed by atoms with E-state index in [-0.39, 0.29) is 17.9 Å². The molecule has 0 aliphatic carbocycles. The summed E-state index contributed by atoms with van der Waals surface area (Å²) in [5, 5.41) is 5.96. The molecule has 3 rings (SSSR count). The van der Waals surface area contributed by atoms with Crippen molar-refractivity contribution in [3.05, 3.63) is 66.2 Å². The number of nitrogens with zero attached hydrogens (tertiary/aromatic N) is 2. The number of carbonyl (C=O) groups excluding carboxylic acids is 2. The maximum Gasteiger partial charge on any atom is 0.321 e. The molecule has 0 radical (unpaired) electrons. The molecule has 2 aromatic rings. The molecule has 0 saturated carbocycles. The van der Waals surface area contributed by atoms with Gasteiger partial charge in [0.25, 0.3) is 0 Å². The second-order valence-corrected chi connectivity index (χ2v) is 7.95. The summed E-state index contributed by atoms with van der Waals surface area (Å²) in [6.07, 6.45) is 2.58. The highest BCUT2D eigenvalue weighted by molar-refractivity contribution is 5.90. The molecule has 1 fully saturated rings. The molecule has 3 amide bonds. The Morgan fingerprint density at radius 1 is 1.07 bits per heavy atom. The zero-order valence-electron chi connectivity index (χ0n) is 17.7. The highest BCUT2D eigenvalue weighted by Crippen LogP contribution is 2.18. The fourth-order valence-electron chi connectivity index (χ4n) is 3.78. The van der Waals surface area contributed by atoms with Crippen molar-refractivity contribution in [3.8, 4) is 0 Å². The van der Waals surface area contributed by atoms with Gasteiger partial charge >= 0.3 is 6.03 Å². The van der Waals surface area contributed by atoms with Crippen molar-refractivity contribution in [3.63, 3.8) is 0 Å². The van der Waals surface area contributed by atoms with Crippen LogP contribution in [0.25, 0.3) is 0 Å². The fraction of sp³-hybridized carbons (Fsp3) is 0.417. The number of hydrogen-bond donors (Lipinski definition) is 2. The van der Waals surface area contributed by atoms with Crippen LogP contribution in [0.1, 0.15) is 24.8 Å². The lowest BCUT2D eigenvalue weighted by molar-refractivity contribution is -0.126. The van der Waals surface area contributed by atoms with Gasteiger partial charge in [0, 0.05) is 31.9 Å². The van der Waals surface area contributed by atoms with Crippen molar-refractivity contribution < 1.29 is 9.59 Å². The first-order valence-corrected chi connectivity index (χ1v) is 10.7. The zero-order valence-corrected chi connectivity index (χ0v) is 17.7. The Balaban J connectivity index is 1.36. The summed E-state index contributed by atoms with van der Waals surface area (Å²) >= 11 is 0. The van der Waals surface area contributed by atoms with Gasteiger partial charge < -0.3 is 20.4 Å². The lowest BCUT2D eigenvalue weighted by Crippen LogP contribution is -2.47. The number of amides is 3. The number of piperidine rings is 1. The molecule has 1 saturated heterocycles. The first-order chi connectivity index (χ1) is 14.6. The van der Waals surface area contributed by atoms with E-state index in [1.54, 1.807) is 4.90 Å². The lowest BCUT2D eigenvalue weighted by atomic mass is 9.97. The van der Waals surface area contributed by atoms with E-state index in [2.05, 4.69) is 46.8 Å². The molecule has 1 aliphatic rings. The topological polar surface area (TPSA) is 64.7 Å². The largest absolute Gasteiger partial charge is 0.356 e. The highest BCUT2D eigenvalue weighted by atomic mass is 16.2. The summed E-state index contributed by atoms with van der Waals surface area (Å²) in [4.78, 5) is 29.1. The van der Waals surface area contributed by atoms with E-state index >= 15 is 0 Å². The summed E-state index contributed by atoms with van der Waals surface area (Å²) in [6, 6.07) is 19.7. The first kappa shape index (κ1) is 21.8. The molecule has 6 heteroatoms. The third kappa shape index (κ3) is 6.88. The first-order valence-electron chi connectivity index (χ1n) is 10.7. The second kappa shape index (κ2) is 11.4. The van der Waals surface area contributed by atoms with E-state index in [4.69, 9.17) is 0 Å². The monoisotopic (exact) mass is 408 g/mol. The average Bonchev–Trinajstić information content (AvgIpc) is 2.78. The van der Waals surface area contributed by atoms with Gasteiger partial charge in [0.2, 0.25) is 5.91 Å². The van der Waals surface area contributed by atoms with Crippen molar-refractivity contribution in [1.82, 2.24) is 15.1 Å². The fourth-order valence-corrected chi connectivity index (χ4v) is 3.78. The number of likely N-dealkylation sites (tertiary alicyclic amines) is 1. The van der Waals surface area contributed by atoms with E-state index in [9.17, 15) is 9.59 Å². The number of anilines is 1. The maximum atomic E-state index is 12.6. The molecule has 0 aromatic heterocycles. The maximum absolute atomic E-state index is 12.6. The number of nitrogens with one attached hydrogen (secondary N) is 2. The quantitative estimate of drug-likeness (QED) is 0.657. The van der Waals surface area contributed by atoms with Crippen molar-refractivity contribution >= 4 is 17.6 Å². The molecular formula is C24H32N4O2. The molecular weight excluding hydrogens is 376 g/mol. The third-order valence-electron chi connectivity index (χ3n) is 5.42. The van der Waals surface area contributed by atoms with Crippen LogP contribution in [-0.4, -0.2) is 55.0 Å². The van der Waals surface area contributed by atoms with Gasteiger partial charge in [-0.15, -0.1) is 0 Å². The molecule has 1 aliphatic heterocycles. The van der Waals surface area contributed by atoms with Crippen LogP contribution >= 0.6 is 0 Å². The SMILES string of the molecule is CN(CCCNC(=O)C1CCCN(C(=O)Nc2ccccc2)C1)Cc1ccccc1. The normalized spacial score (nSPS) is 16.3. The standard InChI is InChI=1S/C24H32N4O2/c1-27(18-20-10-4-2-5-11-20)16-9-15-25-23(29)21-12-8-17-28(19-21)24(30)26-22-13-6-3-7-14-22/h2-7,10-11,13-14,21H,8-9,12,15-19H2,1H3,(H,25,29)(H,26,30). The Hall–Kier alpha value is -2.86. The Labute approximate surface area is 179 Å².